The van der Waals surface area contributed by atoms with Crippen LogP contribution in [0, 0.1) is 0 Å². The van der Waals surface area contributed by atoms with Gasteiger partial charge in [-0.1, -0.05) is 0 Å². The Morgan fingerprint density at radius 1 is 1.47 bits per heavy atom. The molecule has 2 aromatic rings. The standard InChI is InChI=1S/C10H10ClN3S/c1-7(8-3-5-15-6-8)13-9-2-4-12-10(11)14-9/h2-7H,1H3,(H,12,13,14). The Labute approximate surface area is 97.2 Å². The number of hydrogen-bond donors (Lipinski definition) is 1. The van der Waals surface area contributed by atoms with Gasteiger partial charge in [0.15, 0.2) is 0 Å². The number of rotatable bonds is 3. The molecule has 0 radical (unpaired) electrons. The van der Waals surface area contributed by atoms with Crippen molar-refractivity contribution in [1.82, 2.24) is 9.97 Å². The van der Waals surface area contributed by atoms with Crippen LogP contribution in [-0.2, 0) is 0 Å². The van der Waals surface area contributed by atoms with Crippen LogP contribution in [0.2, 0.25) is 5.28 Å². The van der Waals surface area contributed by atoms with Gasteiger partial charge < -0.3 is 5.32 Å². The molecule has 0 aliphatic heterocycles. The van der Waals surface area contributed by atoms with Crippen molar-refractivity contribution in [1.29, 1.82) is 0 Å². The van der Waals surface area contributed by atoms with E-state index < -0.39 is 0 Å². The van der Waals surface area contributed by atoms with Crippen LogP contribution in [0.3, 0.4) is 0 Å². The second-order valence-electron chi connectivity index (χ2n) is 3.13. The molecule has 78 valence electrons. The molecular weight excluding hydrogens is 230 g/mol. The second kappa shape index (κ2) is 4.59. The largest absolute Gasteiger partial charge is 0.363 e. The number of halogens is 1. The van der Waals surface area contributed by atoms with Crippen molar-refractivity contribution in [2.45, 2.75) is 13.0 Å². The van der Waals surface area contributed by atoms with Crippen molar-refractivity contribution in [3.63, 3.8) is 0 Å². The fourth-order valence-corrected chi connectivity index (χ4v) is 2.14. The third-order valence-electron chi connectivity index (χ3n) is 2.03. The molecule has 0 spiro atoms. The summed E-state index contributed by atoms with van der Waals surface area (Å²) in [5.74, 6) is 0.744. The van der Waals surface area contributed by atoms with Gasteiger partial charge >= 0.3 is 0 Å². The Kier molecular flexibility index (Phi) is 3.18. The van der Waals surface area contributed by atoms with Gasteiger partial charge in [-0.15, -0.1) is 0 Å². The molecule has 2 rings (SSSR count). The van der Waals surface area contributed by atoms with Crippen LogP contribution in [0.1, 0.15) is 18.5 Å². The highest BCUT2D eigenvalue weighted by atomic mass is 35.5. The van der Waals surface area contributed by atoms with Crippen LogP contribution in [0.4, 0.5) is 5.82 Å². The minimum Gasteiger partial charge on any atom is -0.363 e. The lowest BCUT2D eigenvalue weighted by atomic mass is 10.2. The minimum absolute atomic E-state index is 0.224. The molecule has 15 heavy (non-hydrogen) atoms. The molecule has 1 unspecified atom stereocenters. The first kappa shape index (κ1) is 10.4. The number of anilines is 1. The Morgan fingerprint density at radius 3 is 3.00 bits per heavy atom. The molecule has 0 saturated carbocycles. The maximum atomic E-state index is 5.69. The number of thiophene rings is 1. The van der Waals surface area contributed by atoms with Crippen molar-refractivity contribution >= 4 is 28.8 Å². The predicted octanol–water partition coefficient (Wildman–Crippen LogP) is 3.36. The molecule has 1 atom stereocenters. The molecule has 3 nitrogen and oxygen atoms in total. The molecule has 0 aliphatic carbocycles. The third kappa shape index (κ3) is 2.67. The lowest BCUT2D eigenvalue weighted by molar-refractivity contribution is 0.877. The van der Waals surface area contributed by atoms with Gasteiger partial charge in [0.2, 0.25) is 5.28 Å². The zero-order valence-electron chi connectivity index (χ0n) is 8.14. The highest BCUT2D eigenvalue weighted by Crippen LogP contribution is 2.20. The topological polar surface area (TPSA) is 37.8 Å². The summed E-state index contributed by atoms with van der Waals surface area (Å²) < 4.78 is 0. The fraction of sp³-hybridized carbons (Fsp3) is 0.200. The van der Waals surface area contributed by atoms with E-state index in [4.69, 9.17) is 11.6 Å². The van der Waals surface area contributed by atoms with Gasteiger partial charge in [0.1, 0.15) is 5.82 Å². The zero-order chi connectivity index (χ0) is 10.7. The summed E-state index contributed by atoms with van der Waals surface area (Å²) in [7, 11) is 0. The number of nitrogens with zero attached hydrogens (tertiary/aromatic N) is 2. The summed E-state index contributed by atoms with van der Waals surface area (Å²) in [4.78, 5) is 7.90. The summed E-state index contributed by atoms with van der Waals surface area (Å²) in [6.45, 7) is 2.08. The fourth-order valence-electron chi connectivity index (χ4n) is 1.24. The quantitative estimate of drug-likeness (QED) is 0.835. The Hall–Kier alpha value is -1.13. The van der Waals surface area contributed by atoms with Crippen molar-refractivity contribution in [3.05, 3.63) is 39.9 Å². The Balaban J connectivity index is 2.09. The van der Waals surface area contributed by atoms with Gasteiger partial charge in [-0.25, -0.2) is 9.97 Å². The summed E-state index contributed by atoms with van der Waals surface area (Å²) in [6.07, 6.45) is 1.64. The van der Waals surface area contributed by atoms with Crippen molar-refractivity contribution < 1.29 is 0 Å². The van der Waals surface area contributed by atoms with Crippen molar-refractivity contribution in [2.75, 3.05) is 5.32 Å². The third-order valence-corrected chi connectivity index (χ3v) is 2.92. The van der Waals surface area contributed by atoms with Gasteiger partial charge in [-0.3, -0.25) is 0 Å². The van der Waals surface area contributed by atoms with E-state index in [0.29, 0.717) is 0 Å². The van der Waals surface area contributed by atoms with E-state index in [2.05, 4.69) is 39.0 Å². The summed E-state index contributed by atoms with van der Waals surface area (Å²) in [5, 5.41) is 7.69. The van der Waals surface area contributed by atoms with Crippen molar-refractivity contribution in [2.24, 2.45) is 0 Å². The smallest absolute Gasteiger partial charge is 0.224 e. The van der Waals surface area contributed by atoms with Gasteiger partial charge in [-0.05, 0) is 47.0 Å². The molecule has 0 saturated heterocycles. The summed E-state index contributed by atoms with van der Waals surface area (Å²) >= 11 is 7.38. The molecule has 2 aromatic heterocycles. The second-order valence-corrected chi connectivity index (χ2v) is 4.25. The lowest BCUT2D eigenvalue weighted by Crippen LogP contribution is -2.07. The number of nitrogens with one attached hydrogen (secondary N) is 1. The Morgan fingerprint density at radius 2 is 2.33 bits per heavy atom. The van der Waals surface area contributed by atoms with E-state index in [1.807, 2.05) is 0 Å². The molecule has 0 aromatic carbocycles. The van der Waals surface area contributed by atoms with E-state index in [1.165, 1.54) is 5.56 Å². The molecule has 0 fully saturated rings. The molecule has 5 heteroatoms. The number of aromatic nitrogens is 2. The Bertz CT molecular complexity index is 430. The molecule has 0 amide bonds. The lowest BCUT2D eigenvalue weighted by Gasteiger charge is -2.12. The molecule has 2 heterocycles. The summed E-state index contributed by atoms with van der Waals surface area (Å²) in [6, 6.07) is 4.11. The van der Waals surface area contributed by atoms with E-state index in [0.717, 1.165) is 5.82 Å². The molecule has 0 bridgehead atoms. The SMILES string of the molecule is CC(Nc1ccnc(Cl)n1)c1ccsc1. The number of hydrogen-bond acceptors (Lipinski definition) is 4. The summed E-state index contributed by atoms with van der Waals surface area (Å²) in [5.41, 5.74) is 1.25. The van der Waals surface area contributed by atoms with Crippen LogP contribution in [0.5, 0.6) is 0 Å². The highest BCUT2D eigenvalue weighted by molar-refractivity contribution is 7.07. The predicted molar refractivity (Wildman–Crippen MR) is 63.4 cm³/mol. The first-order chi connectivity index (χ1) is 7.25. The van der Waals surface area contributed by atoms with Crippen LogP contribution in [0.15, 0.2) is 29.1 Å². The molecule has 1 N–H and O–H groups in total. The van der Waals surface area contributed by atoms with Crippen LogP contribution < -0.4 is 5.32 Å². The first-order valence-electron chi connectivity index (χ1n) is 4.53. The normalized spacial score (nSPS) is 12.4. The molecule has 0 aliphatic rings. The van der Waals surface area contributed by atoms with E-state index in [1.54, 1.807) is 23.6 Å². The van der Waals surface area contributed by atoms with E-state index in [9.17, 15) is 0 Å². The molecular formula is C10H10ClN3S. The van der Waals surface area contributed by atoms with Crippen LogP contribution in [0.25, 0.3) is 0 Å². The maximum absolute atomic E-state index is 5.69. The van der Waals surface area contributed by atoms with Crippen molar-refractivity contribution in [3.8, 4) is 0 Å². The first-order valence-corrected chi connectivity index (χ1v) is 5.85. The van der Waals surface area contributed by atoms with Gasteiger partial charge in [0.05, 0.1) is 6.04 Å². The van der Waals surface area contributed by atoms with Crippen LogP contribution >= 0.6 is 22.9 Å². The minimum atomic E-state index is 0.224. The van der Waals surface area contributed by atoms with E-state index >= 15 is 0 Å². The van der Waals surface area contributed by atoms with E-state index in [-0.39, 0.29) is 11.3 Å². The van der Waals surface area contributed by atoms with Gasteiger partial charge in [-0.2, -0.15) is 11.3 Å². The monoisotopic (exact) mass is 239 g/mol. The van der Waals surface area contributed by atoms with Gasteiger partial charge in [0, 0.05) is 6.20 Å². The zero-order valence-corrected chi connectivity index (χ0v) is 9.72. The maximum Gasteiger partial charge on any atom is 0.224 e. The average molecular weight is 240 g/mol. The average Bonchev–Trinajstić information content (AvgIpc) is 2.70. The van der Waals surface area contributed by atoms with Crippen LogP contribution in [-0.4, -0.2) is 9.97 Å². The van der Waals surface area contributed by atoms with Gasteiger partial charge in [0.25, 0.3) is 0 Å². The highest BCUT2D eigenvalue weighted by Gasteiger charge is 2.06.